The van der Waals surface area contributed by atoms with Crippen molar-refractivity contribution in [2.45, 2.75) is 0 Å². The molecule has 32 N–H and O–H groups in total. The fraction of sp³-hybridized carbons (Fsp3) is 0. The molecule has 0 aliphatic carbocycles. The third-order valence-corrected chi connectivity index (χ3v) is 4.09. The molecule has 4 rings (SSSR count). The van der Waals surface area contributed by atoms with Gasteiger partial charge in [0.1, 0.15) is 23.3 Å². The van der Waals surface area contributed by atoms with Gasteiger partial charge >= 0.3 is 34.1 Å². The Bertz CT molecular complexity index is 1220. The van der Waals surface area contributed by atoms with Crippen LogP contribution in [0.2, 0.25) is 0 Å². The van der Waals surface area contributed by atoms with Crippen LogP contribution in [-0.2, 0) is 77.9 Å². The number of anilines is 4. The number of carbonyl (C=O) groups excluding carboxylic acids is 4. The van der Waals surface area contributed by atoms with Crippen molar-refractivity contribution >= 4 is 47.1 Å². The van der Waals surface area contributed by atoms with Crippen molar-refractivity contribution in [3.63, 3.8) is 0 Å². The molecule has 4 aromatic rings. The summed E-state index contributed by atoms with van der Waals surface area (Å²) < 4.78 is 0. The van der Waals surface area contributed by atoms with Gasteiger partial charge in [0.25, 0.3) is 0 Å². The summed E-state index contributed by atoms with van der Waals surface area (Å²) in [7, 11) is 0. The third-order valence-electron chi connectivity index (χ3n) is 4.09. The molecule has 0 saturated carbocycles. The van der Waals surface area contributed by atoms with Crippen LogP contribution in [0.25, 0.3) is 0 Å². The Kier molecular flexibility index (Phi) is 51.2. The van der Waals surface area contributed by atoms with Gasteiger partial charge in [-0.25, -0.2) is 19.9 Å². The van der Waals surface area contributed by atoms with E-state index in [1.54, 1.807) is 0 Å². The molecule has 0 aromatic carbocycles. The Morgan fingerprint density at radius 1 is 0.360 bits per heavy atom. The molecule has 4 heterocycles. The van der Waals surface area contributed by atoms with Crippen LogP contribution in [0, 0.1) is 0 Å². The minimum Gasteiger partial charge on any atom is -0.545 e. The summed E-state index contributed by atoms with van der Waals surface area (Å²) in [6, 6.07) is 11.0. The molecule has 26 heteroatoms. The number of carboxylic acids is 4. The van der Waals surface area contributed by atoms with E-state index in [-0.39, 0.29) is 100 Å². The predicted octanol–water partition coefficient (Wildman–Crippen LogP) is -11.3. The molecule has 50 heavy (non-hydrogen) atoms. The molecule has 0 saturated heterocycles. The summed E-state index contributed by atoms with van der Waals surface area (Å²) in [6.45, 7) is 0. The maximum absolute atomic E-state index is 10.1. The summed E-state index contributed by atoms with van der Waals surface area (Å²) in [5.41, 5.74) is 21.0. The first-order valence-corrected chi connectivity index (χ1v) is 10.5. The van der Waals surface area contributed by atoms with Crippen molar-refractivity contribution in [1.29, 1.82) is 0 Å². The van der Waals surface area contributed by atoms with Gasteiger partial charge in [0.2, 0.25) is 0 Å². The predicted molar refractivity (Wildman–Crippen MR) is 171 cm³/mol. The van der Waals surface area contributed by atoms with E-state index in [1.807, 2.05) is 0 Å². The van der Waals surface area contributed by atoms with Gasteiger partial charge in [-0.2, -0.15) is 0 Å². The zero-order valence-corrected chi connectivity index (χ0v) is 28.0. The minimum atomic E-state index is -1.24. The number of carbonyl (C=O) groups is 4. The summed E-state index contributed by atoms with van der Waals surface area (Å²) in [6.07, 6.45) is 4.63. The maximum Gasteiger partial charge on any atom is 2.00 e. The zero-order chi connectivity index (χ0) is 30.2. The van der Waals surface area contributed by atoms with E-state index in [1.165, 1.54) is 48.5 Å². The van der Waals surface area contributed by atoms with Crippen LogP contribution in [0.4, 0.5) is 23.3 Å². The Hall–Kier alpha value is -5.60. The van der Waals surface area contributed by atoms with Crippen molar-refractivity contribution in [1.82, 2.24) is 19.9 Å². The van der Waals surface area contributed by atoms with Gasteiger partial charge in [-0.05, 0) is 48.5 Å². The SMILES string of the molecule is Nc1ccc(C(=O)[O-])cn1.Nc1ccc(C(=O)[O-])cn1.Nc1ccc(C(=O)[O-])cn1.Nc1ccc(C(=O)[O-])cn1.[Mn+2].[Mn+2].[OH3+].[OH3+].[OH3+].[OH3+].[OH3+].[OH3+].[OH3+].[OH3+]. The average Bonchev–Trinajstić information content (AvgIpc) is 2.91. The van der Waals surface area contributed by atoms with Crippen LogP contribution >= 0.6 is 0 Å². The zero-order valence-electron chi connectivity index (χ0n) is 25.7. The fourth-order valence-corrected chi connectivity index (χ4v) is 2.10. The number of nitrogens with two attached hydrogens (primary N) is 4. The number of hydrogen-bond acceptors (Lipinski definition) is 16. The number of pyridine rings is 4. The number of aromatic carboxylic acids is 4. The van der Waals surface area contributed by atoms with E-state index in [0.717, 1.165) is 24.8 Å². The summed E-state index contributed by atoms with van der Waals surface area (Å²) >= 11 is 0. The van der Waals surface area contributed by atoms with Gasteiger partial charge in [0, 0.05) is 47.0 Å². The Morgan fingerprint density at radius 3 is 0.580 bits per heavy atom. The molecule has 0 aliphatic rings. The van der Waals surface area contributed by atoms with E-state index in [9.17, 15) is 39.6 Å². The number of aromatic nitrogens is 4. The Labute approximate surface area is 302 Å². The first-order valence-electron chi connectivity index (χ1n) is 10.5. The molecule has 24 nitrogen and oxygen atoms in total. The molecular formula is C24H44Mn2N8O16+8. The van der Waals surface area contributed by atoms with Crippen LogP contribution < -0.4 is 43.4 Å². The molecule has 0 spiro atoms. The summed E-state index contributed by atoms with van der Waals surface area (Å²) in [4.78, 5) is 54.7. The van der Waals surface area contributed by atoms with Crippen molar-refractivity contribution < 1.29 is 118 Å². The normalized spacial score (nSPS) is 7.36. The molecule has 2 radical (unpaired) electrons. The van der Waals surface area contributed by atoms with E-state index in [4.69, 9.17) is 22.9 Å². The monoisotopic (exact) mass is 810 g/mol. The third kappa shape index (κ3) is 28.6. The van der Waals surface area contributed by atoms with Crippen LogP contribution in [0.3, 0.4) is 0 Å². The molecule has 0 bridgehead atoms. The van der Waals surface area contributed by atoms with Crippen LogP contribution in [0.5, 0.6) is 0 Å². The smallest absolute Gasteiger partial charge is 0.545 e. The van der Waals surface area contributed by atoms with Crippen LogP contribution in [-0.4, -0.2) is 43.8 Å². The van der Waals surface area contributed by atoms with Gasteiger partial charge in [-0.1, -0.05) is 0 Å². The molecule has 4 aromatic heterocycles. The molecule has 0 amide bonds. The summed E-state index contributed by atoms with van der Waals surface area (Å²) in [5.74, 6) is -3.79. The quantitative estimate of drug-likeness (QED) is 0.110. The Morgan fingerprint density at radius 2 is 0.500 bits per heavy atom. The van der Waals surface area contributed by atoms with E-state index in [2.05, 4.69) is 19.9 Å². The topological polar surface area (TPSA) is 580 Å². The first-order chi connectivity index (χ1) is 18.8. The second-order valence-corrected chi connectivity index (χ2v) is 7.04. The molecule has 282 valence electrons. The molecule has 0 fully saturated rings. The number of hydrogen-bond donors (Lipinski definition) is 4. The van der Waals surface area contributed by atoms with Crippen molar-refractivity contribution in [2.24, 2.45) is 0 Å². The standard InChI is InChI=1S/4C6H6N2O2.2Mn.8H2O/c4*7-5-2-1-4(3-8-5)6(9)10;;;;;;;;;;/h4*1-3H,(H2,7,8)(H,9,10);;;8*1H2/q;;;;2*+2;;;;;;;;/p+4. The first kappa shape index (κ1) is 70.7. The minimum absolute atomic E-state index is 0. The van der Waals surface area contributed by atoms with Gasteiger partial charge in [0.05, 0.1) is 23.9 Å². The van der Waals surface area contributed by atoms with Gasteiger partial charge in [0.15, 0.2) is 0 Å². The second kappa shape index (κ2) is 36.2. The summed E-state index contributed by atoms with van der Waals surface area (Å²) in [5, 5.41) is 40.5. The number of nitrogens with zero attached hydrogens (tertiary/aromatic N) is 4. The average molecular weight is 811 g/mol. The van der Waals surface area contributed by atoms with Crippen molar-refractivity contribution in [3.8, 4) is 0 Å². The molecule has 0 unspecified atom stereocenters. The molecule has 0 aliphatic heterocycles. The number of carboxylic acid groups (broad SMARTS) is 4. The second-order valence-electron chi connectivity index (χ2n) is 7.04. The molecule has 0 atom stereocenters. The van der Waals surface area contributed by atoms with E-state index in [0.29, 0.717) is 23.3 Å². The number of nitrogen functional groups attached to an aromatic ring is 4. The maximum atomic E-state index is 10.1. The largest absolute Gasteiger partial charge is 2.00 e. The van der Waals surface area contributed by atoms with Crippen molar-refractivity contribution in [2.75, 3.05) is 22.9 Å². The van der Waals surface area contributed by atoms with Gasteiger partial charge in [-0.3, -0.25) is 0 Å². The van der Waals surface area contributed by atoms with Gasteiger partial charge in [-0.15, -0.1) is 0 Å². The van der Waals surface area contributed by atoms with Crippen molar-refractivity contribution in [3.05, 3.63) is 95.6 Å². The Balaban J connectivity index is -0.0000000500. The van der Waals surface area contributed by atoms with E-state index < -0.39 is 23.9 Å². The number of rotatable bonds is 4. The van der Waals surface area contributed by atoms with Crippen LogP contribution in [0.15, 0.2) is 73.3 Å². The van der Waals surface area contributed by atoms with E-state index >= 15 is 0 Å². The molecular weight excluding hydrogens is 766 g/mol. The van der Waals surface area contributed by atoms with Gasteiger partial charge < -0.3 is 106 Å². The fourth-order valence-electron chi connectivity index (χ4n) is 2.10. The van der Waals surface area contributed by atoms with Crippen LogP contribution in [0.1, 0.15) is 41.4 Å².